The van der Waals surface area contributed by atoms with Crippen LogP contribution < -0.4 is 10.5 Å². The number of aliphatic imine (C=N–C) groups is 1. The maximum absolute atomic E-state index is 5.76. The molecule has 3 rings (SSSR count). The maximum Gasteiger partial charge on any atom is 0.282 e. The van der Waals surface area contributed by atoms with Crippen molar-refractivity contribution in [3.63, 3.8) is 0 Å². The van der Waals surface area contributed by atoms with Gasteiger partial charge in [0.2, 0.25) is 0 Å². The molecule has 4 nitrogen and oxygen atoms in total. The first-order valence-corrected chi connectivity index (χ1v) is 8.34. The Kier molecular flexibility index (Phi) is 8.66. The van der Waals surface area contributed by atoms with Gasteiger partial charge >= 0.3 is 0 Å². The van der Waals surface area contributed by atoms with Crippen LogP contribution in [0.2, 0.25) is 0 Å². The summed E-state index contributed by atoms with van der Waals surface area (Å²) in [5.74, 6) is 1.48. The van der Waals surface area contributed by atoms with Crippen molar-refractivity contribution in [1.29, 1.82) is 0 Å². The minimum absolute atomic E-state index is 0. The van der Waals surface area contributed by atoms with Gasteiger partial charge in [-0.15, -0.1) is 0 Å². The predicted molar refractivity (Wildman–Crippen MR) is 98.8 cm³/mol. The topological polar surface area (TPSA) is 56.8 Å². The van der Waals surface area contributed by atoms with Crippen LogP contribution in [0, 0.1) is 21.3 Å². The van der Waals surface area contributed by atoms with Gasteiger partial charge in [-0.05, 0) is 42.9 Å². The van der Waals surface area contributed by atoms with E-state index in [2.05, 4.69) is 35.7 Å². The third-order valence-electron chi connectivity index (χ3n) is 4.40. The lowest BCUT2D eigenvalue weighted by molar-refractivity contribution is 0.141. The maximum atomic E-state index is 5.76. The minimum atomic E-state index is -0.0568. The van der Waals surface area contributed by atoms with Crippen molar-refractivity contribution in [2.75, 3.05) is 13.2 Å². The fourth-order valence-corrected chi connectivity index (χ4v) is 3.13. The SMILES string of the molecule is NC1=NCC(COc2ccc(C3[CH]CCCCCC3)cc2)O1.[CH2].[CH2]. The molecule has 1 aromatic carbocycles. The molecule has 0 amide bonds. The van der Waals surface area contributed by atoms with Crippen LogP contribution in [0.1, 0.15) is 50.0 Å². The van der Waals surface area contributed by atoms with Crippen molar-refractivity contribution >= 4 is 6.02 Å². The average Bonchev–Trinajstić information content (AvgIpc) is 2.91. The molecule has 2 atom stereocenters. The lowest BCUT2D eigenvalue weighted by Gasteiger charge is -2.20. The van der Waals surface area contributed by atoms with E-state index >= 15 is 0 Å². The van der Waals surface area contributed by atoms with Gasteiger partial charge in [-0.3, -0.25) is 0 Å². The monoisotopic (exact) mass is 329 g/mol. The summed E-state index contributed by atoms with van der Waals surface area (Å²) in [6.45, 7) is 1.07. The molecule has 0 aromatic heterocycles. The molecule has 0 spiro atoms. The molecule has 1 fully saturated rings. The summed E-state index contributed by atoms with van der Waals surface area (Å²) in [6.07, 6.45) is 10.4. The summed E-state index contributed by atoms with van der Waals surface area (Å²) < 4.78 is 11.1. The van der Waals surface area contributed by atoms with Gasteiger partial charge in [0.25, 0.3) is 6.02 Å². The van der Waals surface area contributed by atoms with Gasteiger partial charge in [-0.25, -0.2) is 4.99 Å². The van der Waals surface area contributed by atoms with Crippen molar-refractivity contribution < 1.29 is 9.47 Å². The van der Waals surface area contributed by atoms with Crippen molar-refractivity contribution in [2.24, 2.45) is 10.7 Å². The molecule has 2 unspecified atom stereocenters. The molecular weight excluding hydrogens is 300 g/mol. The molecule has 4 heteroatoms. The second-order valence-electron chi connectivity index (χ2n) is 6.13. The second-order valence-corrected chi connectivity index (χ2v) is 6.13. The van der Waals surface area contributed by atoms with Crippen molar-refractivity contribution in [3.8, 4) is 5.75 Å². The minimum Gasteiger partial charge on any atom is -0.490 e. The van der Waals surface area contributed by atoms with Crippen LogP contribution >= 0.6 is 0 Å². The number of ether oxygens (including phenoxy) is 2. The molecular formula is C20H29N2O2. The van der Waals surface area contributed by atoms with Gasteiger partial charge in [0.05, 0.1) is 6.54 Å². The summed E-state index contributed by atoms with van der Waals surface area (Å²) in [6, 6.07) is 8.77. The Morgan fingerprint density at radius 2 is 1.83 bits per heavy atom. The number of hydrogen-bond acceptors (Lipinski definition) is 4. The van der Waals surface area contributed by atoms with Crippen LogP contribution in [0.4, 0.5) is 0 Å². The standard InChI is InChI=1S/C18H25N2O2.2CH2/c19-18-20-12-17(22-18)13-21-16-10-8-15(9-11-16)14-6-4-2-1-3-5-7-14;;/h6,8-11,14,17H,1-5,7,12-13H2,(H2,19,20);2*1H2. The largest absolute Gasteiger partial charge is 0.490 e. The number of amidine groups is 1. The van der Waals surface area contributed by atoms with Crippen LogP contribution in [0.3, 0.4) is 0 Å². The highest BCUT2D eigenvalue weighted by Gasteiger charge is 2.18. The summed E-state index contributed by atoms with van der Waals surface area (Å²) in [5, 5.41) is 0. The van der Waals surface area contributed by atoms with Crippen molar-refractivity contribution in [3.05, 3.63) is 51.1 Å². The van der Waals surface area contributed by atoms with Crippen LogP contribution in [0.25, 0.3) is 0 Å². The van der Waals surface area contributed by atoms with Gasteiger partial charge in [-0.1, -0.05) is 52.7 Å². The number of rotatable bonds is 4. The predicted octanol–water partition coefficient (Wildman–Crippen LogP) is 4.08. The van der Waals surface area contributed by atoms with Crippen molar-refractivity contribution in [2.45, 2.75) is 50.5 Å². The first kappa shape index (κ1) is 20.3. The van der Waals surface area contributed by atoms with E-state index in [9.17, 15) is 0 Å². The molecule has 1 heterocycles. The molecule has 131 valence electrons. The third kappa shape index (κ3) is 5.73. The molecule has 0 saturated heterocycles. The van der Waals surface area contributed by atoms with Crippen LogP contribution in [0.15, 0.2) is 29.3 Å². The molecule has 1 saturated carbocycles. The normalized spacial score (nSPS) is 21.3. The van der Waals surface area contributed by atoms with Gasteiger partial charge in [0, 0.05) is 0 Å². The summed E-state index contributed by atoms with van der Waals surface area (Å²) in [5.41, 5.74) is 6.89. The second kappa shape index (κ2) is 10.2. The Bertz CT molecular complexity index is 491. The molecule has 1 aliphatic carbocycles. The molecule has 2 N–H and O–H groups in total. The fourth-order valence-electron chi connectivity index (χ4n) is 3.13. The zero-order valence-electron chi connectivity index (χ0n) is 14.5. The van der Waals surface area contributed by atoms with Crippen molar-refractivity contribution in [1.82, 2.24) is 0 Å². The van der Waals surface area contributed by atoms with Gasteiger partial charge in [0.1, 0.15) is 12.4 Å². The van der Waals surface area contributed by atoms with Gasteiger partial charge in [-0.2, -0.15) is 0 Å². The first-order chi connectivity index (χ1) is 10.8. The fraction of sp³-hybridized carbons (Fsp3) is 0.500. The molecule has 1 aromatic rings. The van der Waals surface area contributed by atoms with Crippen LogP contribution in [-0.2, 0) is 4.74 Å². The van der Waals surface area contributed by atoms with E-state index in [1.165, 1.54) is 44.1 Å². The average molecular weight is 329 g/mol. The van der Waals surface area contributed by atoms with Crippen LogP contribution in [0.5, 0.6) is 5.75 Å². The Morgan fingerprint density at radius 1 is 1.08 bits per heavy atom. The molecule has 5 radical (unpaired) electrons. The van der Waals surface area contributed by atoms with E-state index in [0.29, 0.717) is 19.1 Å². The zero-order valence-corrected chi connectivity index (χ0v) is 14.5. The molecule has 2 aliphatic rings. The third-order valence-corrected chi connectivity index (χ3v) is 4.40. The Labute approximate surface area is 147 Å². The first-order valence-electron chi connectivity index (χ1n) is 8.34. The molecule has 1 aliphatic heterocycles. The van der Waals surface area contributed by atoms with E-state index in [-0.39, 0.29) is 27.0 Å². The van der Waals surface area contributed by atoms with E-state index in [1.54, 1.807) is 0 Å². The smallest absolute Gasteiger partial charge is 0.282 e. The highest BCUT2D eigenvalue weighted by Crippen LogP contribution is 2.31. The van der Waals surface area contributed by atoms with E-state index in [4.69, 9.17) is 15.2 Å². The molecule has 0 bridgehead atoms. The quantitative estimate of drug-likeness (QED) is 0.905. The lowest BCUT2D eigenvalue weighted by atomic mass is 9.86. The Balaban J connectivity index is 0.00000144. The summed E-state index contributed by atoms with van der Waals surface area (Å²) in [4.78, 5) is 4.01. The molecule has 24 heavy (non-hydrogen) atoms. The summed E-state index contributed by atoms with van der Waals surface area (Å²) >= 11 is 0. The number of nitrogens with two attached hydrogens (primary N) is 1. The lowest BCUT2D eigenvalue weighted by Crippen LogP contribution is -2.24. The van der Waals surface area contributed by atoms with E-state index in [1.807, 2.05) is 0 Å². The van der Waals surface area contributed by atoms with Crippen LogP contribution in [-0.4, -0.2) is 25.3 Å². The number of nitrogens with zero attached hydrogens (tertiary/aromatic N) is 1. The van der Waals surface area contributed by atoms with Gasteiger partial charge in [0.15, 0.2) is 6.10 Å². The number of hydrogen-bond donors (Lipinski definition) is 1. The zero-order chi connectivity index (χ0) is 15.2. The highest BCUT2D eigenvalue weighted by atomic mass is 16.5. The Morgan fingerprint density at radius 3 is 2.54 bits per heavy atom. The number of benzene rings is 1. The Hall–Kier alpha value is -1.71. The van der Waals surface area contributed by atoms with E-state index < -0.39 is 0 Å². The van der Waals surface area contributed by atoms with Gasteiger partial charge < -0.3 is 15.2 Å². The highest BCUT2D eigenvalue weighted by molar-refractivity contribution is 5.73. The summed E-state index contributed by atoms with van der Waals surface area (Å²) in [7, 11) is 0. The van der Waals surface area contributed by atoms with E-state index in [0.717, 1.165) is 5.75 Å².